The van der Waals surface area contributed by atoms with E-state index in [1.807, 2.05) is 43.3 Å². The lowest BCUT2D eigenvalue weighted by molar-refractivity contribution is -0.143. The number of aromatic nitrogens is 4. The monoisotopic (exact) mass is 660 g/mol. The number of thioether (sulfide) groups is 1. The van der Waals surface area contributed by atoms with Gasteiger partial charge in [-0.3, -0.25) is 19.3 Å². The van der Waals surface area contributed by atoms with Gasteiger partial charge >= 0.3 is 5.97 Å². The Bertz CT molecular complexity index is 2120. The summed E-state index contributed by atoms with van der Waals surface area (Å²) in [7, 11) is 0. The van der Waals surface area contributed by atoms with Crippen molar-refractivity contribution >= 4 is 45.3 Å². The van der Waals surface area contributed by atoms with Crippen molar-refractivity contribution in [2.75, 3.05) is 11.4 Å². The van der Waals surface area contributed by atoms with Gasteiger partial charge in [-0.05, 0) is 70.9 Å². The molecule has 3 N–H and O–H groups in total. The first-order valence-electron chi connectivity index (χ1n) is 14.6. The zero-order valence-corrected chi connectivity index (χ0v) is 26.3. The van der Waals surface area contributed by atoms with Crippen molar-refractivity contribution in [3.05, 3.63) is 126 Å². The number of primary amides is 1. The molecule has 12 nitrogen and oxygen atoms in total. The minimum absolute atomic E-state index is 0.0515. The molecule has 0 saturated heterocycles. The molecular weight excluding hydrogens is 632 g/mol. The number of carbonyl (C=O) groups is 3. The molecule has 5 aromatic carbocycles. The van der Waals surface area contributed by atoms with Crippen LogP contribution in [0.4, 0.5) is 10.5 Å². The van der Waals surface area contributed by atoms with Gasteiger partial charge in [0, 0.05) is 28.2 Å². The Morgan fingerprint density at radius 1 is 0.875 bits per heavy atom. The molecule has 0 atom stereocenters. The van der Waals surface area contributed by atoms with Crippen LogP contribution in [0, 0.1) is 6.92 Å². The van der Waals surface area contributed by atoms with Gasteiger partial charge in [-0.2, -0.15) is 4.68 Å². The van der Waals surface area contributed by atoms with Crippen molar-refractivity contribution in [2.45, 2.75) is 18.7 Å². The number of esters is 1. The minimum Gasteiger partial charge on any atom is -0.506 e. The number of amides is 2. The number of rotatable bonds is 10. The highest BCUT2D eigenvalue weighted by atomic mass is 32.2. The van der Waals surface area contributed by atoms with E-state index in [0.29, 0.717) is 39.2 Å². The van der Waals surface area contributed by atoms with E-state index in [4.69, 9.17) is 15.2 Å². The third-order valence-corrected chi connectivity index (χ3v) is 8.13. The van der Waals surface area contributed by atoms with Crippen LogP contribution in [0.15, 0.2) is 114 Å². The SMILES string of the molecule is Cc1cc(COC(=O)CN(C(=O)Sc2nnnn2-c2ccccc2)c2ccccc2)ccc1Oc1cc(C(N)=O)c(O)c2ccccc12. The molecule has 0 aliphatic heterocycles. The normalized spacial score (nSPS) is 10.9. The Hall–Kier alpha value is -6.21. The van der Waals surface area contributed by atoms with E-state index in [0.717, 1.165) is 17.3 Å². The second-order valence-corrected chi connectivity index (χ2v) is 11.5. The van der Waals surface area contributed by atoms with E-state index in [-0.39, 0.29) is 29.6 Å². The van der Waals surface area contributed by atoms with Gasteiger partial charge in [0.1, 0.15) is 30.4 Å². The number of para-hydroxylation sites is 2. The number of phenols is 1. The number of aromatic hydroxyl groups is 1. The van der Waals surface area contributed by atoms with Gasteiger partial charge in [-0.1, -0.05) is 66.7 Å². The summed E-state index contributed by atoms with van der Waals surface area (Å²) in [5.41, 5.74) is 8.04. The average molecular weight is 661 g/mol. The van der Waals surface area contributed by atoms with Crippen molar-refractivity contribution in [3.63, 3.8) is 0 Å². The molecule has 2 amide bonds. The third-order valence-electron chi connectivity index (χ3n) is 7.30. The average Bonchev–Trinajstić information content (AvgIpc) is 3.57. The van der Waals surface area contributed by atoms with Crippen molar-refractivity contribution < 1.29 is 29.0 Å². The Balaban J connectivity index is 1.14. The number of nitrogens with zero attached hydrogens (tertiary/aromatic N) is 5. The molecule has 1 heterocycles. The highest BCUT2D eigenvalue weighted by Gasteiger charge is 2.24. The molecule has 0 unspecified atom stereocenters. The van der Waals surface area contributed by atoms with Crippen molar-refractivity contribution in [2.24, 2.45) is 5.73 Å². The molecule has 0 bridgehead atoms. The van der Waals surface area contributed by atoms with Crippen LogP contribution in [0.3, 0.4) is 0 Å². The molecule has 6 rings (SSSR count). The topological polar surface area (TPSA) is 163 Å². The van der Waals surface area contributed by atoms with Crippen LogP contribution < -0.4 is 15.4 Å². The fourth-order valence-electron chi connectivity index (χ4n) is 4.95. The van der Waals surface area contributed by atoms with Gasteiger partial charge in [-0.15, -0.1) is 5.10 Å². The quantitative estimate of drug-likeness (QED) is 0.128. The molecular formula is C35H28N6O6S. The number of benzene rings is 5. The van der Waals surface area contributed by atoms with Gasteiger partial charge in [0.05, 0.1) is 11.3 Å². The number of tetrazole rings is 1. The van der Waals surface area contributed by atoms with Gasteiger partial charge in [0.25, 0.3) is 11.1 Å². The predicted octanol–water partition coefficient (Wildman–Crippen LogP) is 6.18. The number of ether oxygens (including phenoxy) is 2. The molecule has 48 heavy (non-hydrogen) atoms. The van der Waals surface area contributed by atoms with E-state index in [1.54, 1.807) is 66.7 Å². The number of aryl methyl sites for hydroxylation is 1. The first-order valence-corrected chi connectivity index (χ1v) is 15.5. The van der Waals surface area contributed by atoms with Crippen molar-refractivity contribution in [1.29, 1.82) is 0 Å². The molecule has 0 radical (unpaired) electrons. The standard InChI is InChI=1S/C35H28N6O6S/c1-22-18-23(16-17-29(22)47-30-19-28(33(36)44)32(43)27-15-9-8-14-26(27)30)21-46-31(42)20-40(24-10-4-2-5-11-24)35(45)48-34-37-38-39-41(34)25-12-6-3-7-13-25/h2-19,43H,20-21H2,1H3,(H2,36,44). The molecule has 0 saturated carbocycles. The van der Waals surface area contributed by atoms with Crippen LogP contribution >= 0.6 is 11.8 Å². The molecule has 0 fully saturated rings. The molecule has 13 heteroatoms. The highest BCUT2D eigenvalue weighted by molar-refractivity contribution is 8.13. The highest BCUT2D eigenvalue weighted by Crippen LogP contribution is 2.38. The Morgan fingerprint density at radius 2 is 1.56 bits per heavy atom. The van der Waals surface area contributed by atoms with E-state index >= 15 is 0 Å². The van der Waals surface area contributed by atoms with E-state index in [9.17, 15) is 19.5 Å². The maximum absolute atomic E-state index is 13.5. The Labute approximate surface area is 278 Å². The molecule has 6 aromatic rings. The van der Waals surface area contributed by atoms with Gasteiger partial charge < -0.3 is 20.3 Å². The lowest BCUT2D eigenvalue weighted by Crippen LogP contribution is -2.34. The smallest absolute Gasteiger partial charge is 0.326 e. The number of hydrogen-bond donors (Lipinski definition) is 2. The summed E-state index contributed by atoms with van der Waals surface area (Å²) in [4.78, 5) is 39.9. The number of anilines is 1. The van der Waals surface area contributed by atoms with Crippen molar-refractivity contribution in [1.82, 2.24) is 20.2 Å². The number of fused-ring (bicyclic) bond motifs is 1. The predicted molar refractivity (Wildman–Crippen MR) is 179 cm³/mol. The zero-order valence-electron chi connectivity index (χ0n) is 25.5. The van der Waals surface area contributed by atoms with Crippen LogP contribution in [-0.4, -0.2) is 49.0 Å². The lowest BCUT2D eigenvalue weighted by atomic mass is 10.0. The Morgan fingerprint density at radius 3 is 2.27 bits per heavy atom. The summed E-state index contributed by atoms with van der Waals surface area (Å²) in [5.74, 6) is -0.774. The van der Waals surface area contributed by atoms with Gasteiger partial charge in [-0.25, -0.2) is 0 Å². The summed E-state index contributed by atoms with van der Waals surface area (Å²) in [6, 6.07) is 31.6. The van der Waals surface area contributed by atoms with Crippen LogP contribution in [0.2, 0.25) is 0 Å². The summed E-state index contributed by atoms with van der Waals surface area (Å²) < 4.78 is 13.2. The third kappa shape index (κ3) is 6.95. The fraction of sp³-hybridized carbons (Fsp3) is 0.0857. The van der Waals surface area contributed by atoms with E-state index in [1.165, 1.54) is 15.6 Å². The second kappa shape index (κ2) is 14.1. The zero-order chi connectivity index (χ0) is 33.6. The largest absolute Gasteiger partial charge is 0.506 e. The van der Waals surface area contributed by atoms with E-state index < -0.39 is 17.1 Å². The lowest BCUT2D eigenvalue weighted by Gasteiger charge is -2.21. The fourth-order valence-corrected chi connectivity index (χ4v) is 5.69. The number of carbonyl (C=O) groups excluding carboxylic acids is 3. The van der Waals surface area contributed by atoms with E-state index in [2.05, 4.69) is 15.5 Å². The molecule has 1 aromatic heterocycles. The summed E-state index contributed by atoms with van der Waals surface area (Å²) in [6.45, 7) is 1.43. The van der Waals surface area contributed by atoms with Crippen LogP contribution in [-0.2, 0) is 16.1 Å². The minimum atomic E-state index is -0.782. The first kappa shape index (κ1) is 31.8. The van der Waals surface area contributed by atoms with Crippen LogP contribution in [0.25, 0.3) is 16.5 Å². The number of nitrogens with two attached hydrogens (primary N) is 1. The maximum Gasteiger partial charge on any atom is 0.326 e. The van der Waals surface area contributed by atoms with Gasteiger partial charge in [0.2, 0.25) is 5.16 Å². The summed E-state index contributed by atoms with van der Waals surface area (Å²) >= 11 is 0.792. The molecule has 0 aliphatic rings. The van der Waals surface area contributed by atoms with Crippen LogP contribution in [0.5, 0.6) is 17.2 Å². The Kier molecular flexibility index (Phi) is 9.30. The summed E-state index contributed by atoms with van der Waals surface area (Å²) in [6.07, 6.45) is 0. The molecule has 0 spiro atoms. The first-order chi connectivity index (χ1) is 23.3. The number of hydrogen-bond acceptors (Lipinski definition) is 10. The maximum atomic E-state index is 13.5. The van der Waals surface area contributed by atoms with Crippen LogP contribution in [0.1, 0.15) is 21.5 Å². The second-order valence-electron chi connectivity index (χ2n) is 10.5. The summed E-state index contributed by atoms with van der Waals surface area (Å²) in [5, 5.41) is 23.0. The van der Waals surface area contributed by atoms with Crippen molar-refractivity contribution in [3.8, 4) is 22.9 Å². The molecule has 240 valence electrons. The van der Waals surface area contributed by atoms with Gasteiger partial charge in [0.15, 0.2) is 0 Å². The molecule has 0 aliphatic carbocycles.